The van der Waals surface area contributed by atoms with Gasteiger partial charge < -0.3 is 19.6 Å². The number of aromatic nitrogens is 1. The lowest BCUT2D eigenvalue weighted by Gasteiger charge is -2.31. The average molecular weight is 421 g/mol. The first kappa shape index (κ1) is 21.1. The summed E-state index contributed by atoms with van der Waals surface area (Å²) < 4.78 is 11.7. The zero-order chi connectivity index (χ0) is 21.6. The van der Waals surface area contributed by atoms with Crippen LogP contribution in [0.2, 0.25) is 0 Å². The number of piperazine rings is 1. The molecular weight excluding hydrogens is 394 g/mol. The fourth-order valence-corrected chi connectivity index (χ4v) is 3.70. The largest absolute Gasteiger partial charge is 0.493 e. The third-order valence-electron chi connectivity index (χ3n) is 5.41. The van der Waals surface area contributed by atoms with Crippen LogP contribution in [-0.2, 0) is 17.8 Å². The third kappa shape index (κ3) is 5.51. The summed E-state index contributed by atoms with van der Waals surface area (Å²) in [5.41, 5.74) is 3.01. The number of oxazole rings is 1. The van der Waals surface area contributed by atoms with Crippen molar-refractivity contribution in [3.63, 3.8) is 0 Å². The van der Waals surface area contributed by atoms with E-state index in [2.05, 4.69) is 15.2 Å². The highest BCUT2D eigenvalue weighted by molar-refractivity contribution is 5.73. The molecule has 1 saturated heterocycles. The molecule has 2 N–H and O–H groups in total. The van der Waals surface area contributed by atoms with Crippen molar-refractivity contribution in [2.75, 3.05) is 26.2 Å². The highest BCUT2D eigenvalue weighted by atomic mass is 16.5. The van der Waals surface area contributed by atoms with Crippen molar-refractivity contribution in [3.8, 4) is 17.2 Å². The van der Waals surface area contributed by atoms with Gasteiger partial charge in [0.2, 0.25) is 5.89 Å². The van der Waals surface area contributed by atoms with E-state index in [1.54, 1.807) is 0 Å². The highest BCUT2D eigenvalue weighted by Gasteiger charge is 2.24. The Bertz CT molecular complexity index is 1000. The standard InChI is InChI=1S/C24H27N3O4/c1-17-21(26-23(31-17)19-5-3-2-4-6-19)11-14-30-20-9-7-18(8-10-20)15-27-13-12-25-22(16-27)24(28)29/h2-10,22,25H,11-16H2,1H3,(H,28,29). The summed E-state index contributed by atoms with van der Waals surface area (Å²) in [5, 5.41) is 12.2. The molecule has 1 aliphatic heterocycles. The quantitative estimate of drug-likeness (QED) is 0.578. The molecule has 4 rings (SSSR count). The minimum atomic E-state index is -0.799. The molecule has 162 valence electrons. The van der Waals surface area contributed by atoms with Crippen molar-refractivity contribution in [3.05, 3.63) is 71.6 Å². The number of nitrogens with one attached hydrogen (secondary N) is 1. The van der Waals surface area contributed by atoms with Gasteiger partial charge in [-0.3, -0.25) is 9.69 Å². The van der Waals surface area contributed by atoms with Gasteiger partial charge in [-0.25, -0.2) is 4.98 Å². The Hall–Kier alpha value is -3.16. The van der Waals surface area contributed by atoms with Gasteiger partial charge in [0.05, 0.1) is 12.3 Å². The van der Waals surface area contributed by atoms with E-state index in [1.165, 1.54) is 0 Å². The van der Waals surface area contributed by atoms with Crippen LogP contribution in [0.5, 0.6) is 5.75 Å². The number of ether oxygens (including phenoxy) is 1. The number of carbonyl (C=O) groups is 1. The van der Waals surface area contributed by atoms with Gasteiger partial charge >= 0.3 is 5.97 Å². The molecule has 1 aromatic heterocycles. The molecule has 2 heterocycles. The van der Waals surface area contributed by atoms with Crippen LogP contribution in [-0.4, -0.2) is 53.2 Å². The first-order valence-electron chi connectivity index (χ1n) is 10.5. The van der Waals surface area contributed by atoms with Crippen molar-refractivity contribution in [2.24, 2.45) is 0 Å². The molecule has 1 fully saturated rings. The van der Waals surface area contributed by atoms with Crippen molar-refractivity contribution >= 4 is 5.97 Å². The van der Waals surface area contributed by atoms with Gasteiger partial charge in [-0.1, -0.05) is 30.3 Å². The van der Waals surface area contributed by atoms with Crippen LogP contribution < -0.4 is 10.1 Å². The minimum absolute atomic E-state index is 0.501. The van der Waals surface area contributed by atoms with Gasteiger partial charge in [-0.15, -0.1) is 0 Å². The van der Waals surface area contributed by atoms with E-state index in [1.807, 2.05) is 61.5 Å². The van der Waals surface area contributed by atoms with Gasteiger partial charge in [0, 0.05) is 38.2 Å². The van der Waals surface area contributed by atoms with E-state index in [4.69, 9.17) is 9.15 Å². The number of nitrogens with zero attached hydrogens (tertiary/aromatic N) is 2. The Kier molecular flexibility index (Phi) is 6.64. The normalized spacial score (nSPS) is 16.9. The lowest BCUT2D eigenvalue weighted by Crippen LogP contribution is -2.53. The number of hydrogen-bond donors (Lipinski definition) is 2. The van der Waals surface area contributed by atoms with Crippen molar-refractivity contribution in [2.45, 2.75) is 25.9 Å². The highest BCUT2D eigenvalue weighted by Crippen LogP contribution is 2.22. The van der Waals surface area contributed by atoms with Crippen LogP contribution >= 0.6 is 0 Å². The molecule has 2 aromatic carbocycles. The molecule has 0 aliphatic carbocycles. The number of carboxylic acids is 1. The monoisotopic (exact) mass is 421 g/mol. The number of aryl methyl sites for hydroxylation is 1. The summed E-state index contributed by atoms with van der Waals surface area (Å²) >= 11 is 0. The zero-order valence-electron chi connectivity index (χ0n) is 17.6. The molecular formula is C24H27N3O4. The first-order valence-corrected chi connectivity index (χ1v) is 10.5. The number of hydrogen-bond acceptors (Lipinski definition) is 6. The van der Waals surface area contributed by atoms with Crippen LogP contribution in [0, 0.1) is 6.92 Å². The van der Waals surface area contributed by atoms with Crippen LogP contribution in [0.15, 0.2) is 59.0 Å². The molecule has 0 radical (unpaired) electrons. The van der Waals surface area contributed by atoms with E-state index in [0.29, 0.717) is 32.0 Å². The number of aliphatic carboxylic acids is 1. The third-order valence-corrected chi connectivity index (χ3v) is 5.41. The molecule has 0 amide bonds. The molecule has 0 spiro atoms. The minimum Gasteiger partial charge on any atom is -0.493 e. The summed E-state index contributed by atoms with van der Waals surface area (Å²) in [4.78, 5) is 17.9. The maximum atomic E-state index is 11.2. The molecule has 7 heteroatoms. The maximum absolute atomic E-state index is 11.2. The van der Waals surface area contributed by atoms with Gasteiger partial charge in [-0.05, 0) is 36.8 Å². The smallest absolute Gasteiger partial charge is 0.322 e. The fourth-order valence-electron chi connectivity index (χ4n) is 3.70. The predicted molar refractivity (Wildman–Crippen MR) is 117 cm³/mol. The Morgan fingerprint density at radius 2 is 2.00 bits per heavy atom. The van der Waals surface area contributed by atoms with Crippen molar-refractivity contribution < 1.29 is 19.1 Å². The van der Waals surface area contributed by atoms with Gasteiger partial charge in [0.1, 0.15) is 17.6 Å². The summed E-state index contributed by atoms with van der Waals surface area (Å²) in [7, 11) is 0. The average Bonchev–Trinajstić information content (AvgIpc) is 3.16. The topological polar surface area (TPSA) is 87.8 Å². The molecule has 7 nitrogen and oxygen atoms in total. The maximum Gasteiger partial charge on any atom is 0.322 e. The molecule has 1 aliphatic rings. The summed E-state index contributed by atoms with van der Waals surface area (Å²) in [6.07, 6.45) is 0.668. The molecule has 0 saturated carbocycles. The fraction of sp³-hybridized carbons (Fsp3) is 0.333. The number of carboxylic acid groups (broad SMARTS) is 1. The van der Waals surface area contributed by atoms with E-state index in [0.717, 1.165) is 41.4 Å². The van der Waals surface area contributed by atoms with E-state index < -0.39 is 12.0 Å². The number of rotatable bonds is 8. The lowest BCUT2D eigenvalue weighted by molar-refractivity contribution is -0.140. The van der Waals surface area contributed by atoms with Gasteiger partial charge in [-0.2, -0.15) is 0 Å². The van der Waals surface area contributed by atoms with Crippen LogP contribution in [0.4, 0.5) is 0 Å². The lowest BCUT2D eigenvalue weighted by atomic mass is 10.1. The molecule has 0 bridgehead atoms. The van der Waals surface area contributed by atoms with E-state index in [-0.39, 0.29) is 0 Å². The van der Waals surface area contributed by atoms with Gasteiger partial charge in [0.25, 0.3) is 0 Å². The van der Waals surface area contributed by atoms with Crippen molar-refractivity contribution in [1.29, 1.82) is 0 Å². The van der Waals surface area contributed by atoms with Crippen LogP contribution in [0.1, 0.15) is 17.0 Å². The van der Waals surface area contributed by atoms with E-state index in [9.17, 15) is 9.90 Å². The Labute approximate surface area is 181 Å². The SMILES string of the molecule is Cc1oc(-c2ccccc2)nc1CCOc1ccc(CN2CCNC(C(=O)O)C2)cc1. The molecule has 1 atom stereocenters. The van der Waals surface area contributed by atoms with Gasteiger partial charge in [0.15, 0.2) is 0 Å². The molecule has 1 unspecified atom stereocenters. The molecule has 3 aromatic rings. The Balaban J connectivity index is 1.27. The Morgan fingerprint density at radius 3 is 2.74 bits per heavy atom. The van der Waals surface area contributed by atoms with Crippen molar-refractivity contribution in [1.82, 2.24) is 15.2 Å². The summed E-state index contributed by atoms with van der Waals surface area (Å²) in [6, 6.07) is 17.3. The first-order chi connectivity index (χ1) is 15.1. The van der Waals surface area contributed by atoms with Crippen LogP contribution in [0.3, 0.4) is 0 Å². The van der Waals surface area contributed by atoms with Crippen LogP contribution in [0.25, 0.3) is 11.5 Å². The second-order valence-corrected chi connectivity index (χ2v) is 7.71. The second kappa shape index (κ2) is 9.76. The second-order valence-electron chi connectivity index (χ2n) is 7.71. The molecule has 31 heavy (non-hydrogen) atoms. The number of benzene rings is 2. The summed E-state index contributed by atoms with van der Waals surface area (Å²) in [6.45, 7) is 5.20. The summed E-state index contributed by atoms with van der Waals surface area (Å²) in [5.74, 6) is 1.45. The predicted octanol–water partition coefficient (Wildman–Crippen LogP) is 3.13. The Morgan fingerprint density at radius 1 is 1.23 bits per heavy atom. The zero-order valence-corrected chi connectivity index (χ0v) is 17.6. The van der Waals surface area contributed by atoms with E-state index >= 15 is 0 Å².